The van der Waals surface area contributed by atoms with Crippen molar-refractivity contribution in [3.63, 3.8) is 0 Å². The molecular weight excluding hydrogens is 268 g/mol. The Bertz CT molecular complexity index is 323. The second kappa shape index (κ2) is 7.72. The first-order valence-corrected chi connectivity index (χ1v) is 9.35. The first-order valence-electron chi connectivity index (χ1n) is 6.79. The van der Waals surface area contributed by atoms with Crippen LogP contribution in [0.2, 0.25) is 0 Å². The van der Waals surface area contributed by atoms with E-state index in [0.29, 0.717) is 30.0 Å². The van der Waals surface area contributed by atoms with E-state index in [1.165, 1.54) is 0 Å². The Morgan fingerprint density at radius 3 is 2.39 bits per heavy atom. The minimum absolute atomic E-state index is 0.272. The van der Waals surface area contributed by atoms with Gasteiger partial charge in [0.05, 0.1) is 5.75 Å². The Morgan fingerprint density at radius 1 is 1.22 bits per heavy atom. The van der Waals surface area contributed by atoms with Crippen LogP contribution in [0.5, 0.6) is 0 Å². The molecule has 0 aromatic carbocycles. The molecule has 0 saturated carbocycles. The zero-order valence-electron chi connectivity index (χ0n) is 11.7. The maximum atomic E-state index is 12.2. The second-order valence-electron chi connectivity index (χ2n) is 4.99. The number of thioether (sulfide) groups is 1. The highest BCUT2D eigenvalue weighted by Gasteiger charge is 2.30. The normalized spacial score (nSPS) is 26.4. The van der Waals surface area contributed by atoms with Crippen LogP contribution in [0.4, 0.5) is 0 Å². The first-order chi connectivity index (χ1) is 8.45. The van der Waals surface area contributed by atoms with E-state index in [2.05, 4.69) is 26.1 Å². The summed E-state index contributed by atoms with van der Waals surface area (Å²) in [4.78, 5) is 0. The van der Waals surface area contributed by atoms with Crippen LogP contribution in [0.3, 0.4) is 0 Å². The summed E-state index contributed by atoms with van der Waals surface area (Å²) in [5.41, 5.74) is 0. The molecule has 1 fully saturated rings. The molecule has 2 atom stereocenters. The van der Waals surface area contributed by atoms with Crippen LogP contribution < -0.4 is 5.32 Å². The molecule has 1 saturated heterocycles. The van der Waals surface area contributed by atoms with Crippen molar-refractivity contribution < 1.29 is 8.42 Å². The molecule has 1 aliphatic rings. The Kier molecular flexibility index (Phi) is 6.98. The molecule has 0 spiro atoms. The molecule has 6 heteroatoms. The number of hydrogen-bond donors (Lipinski definition) is 1. The lowest BCUT2D eigenvalue weighted by Gasteiger charge is -2.33. The third kappa shape index (κ3) is 5.47. The first kappa shape index (κ1) is 16.3. The van der Waals surface area contributed by atoms with Crippen molar-refractivity contribution in [2.24, 2.45) is 0 Å². The van der Waals surface area contributed by atoms with E-state index in [-0.39, 0.29) is 5.75 Å². The molecule has 1 N–H and O–H groups in total. The summed E-state index contributed by atoms with van der Waals surface area (Å²) in [6.07, 6.45) is 1.79. The van der Waals surface area contributed by atoms with Crippen LogP contribution in [-0.2, 0) is 10.0 Å². The smallest absolute Gasteiger partial charge is 0.214 e. The van der Waals surface area contributed by atoms with Crippen LogP contribution in [0.25, 0.3) is 0 Å². The quantitative estimate of drug-likeness (QED) is 0.724. The molecule has 1 heterocycles. The maximum absolute atomic E-state index is 12.2. The molecular formula is C12H26N2O2S2. The molecule has 1 aliphatic heterocycles. The Balaban J connectivity index is 2.38. The van der Waals surface area contributed by atoms with E-state index >= 15 is 0 Å². The van der Waals surface area contributed by atoms with Gasteiger partial charge in [-0.25, -0.2) is 8.42 Å². The number of rotatable bonds is 7. The summed E-state index contributed by atoms with van der Waals surface area (Å²) in [5, 5.41) is 4.05. The highest BCUT2D eigenvalue weighted by molar-refractivity contribution is 8.00. The maximum Gasteiger partial charge on any atom is 0.214 e. The van der Waals surface area contributed by atoms with E-state index in [1.807, 2.05) is 11.8 Å². The summed E-state index contributed by atoms with van der Waals surface area (Å²) in [5.74, 6) is 0.272. The monoisotopic (exact) mass is 294 g/mol. The van der Waals surface area contributed by atoms with Crippen LogP contribution in [-0.4, -0.2) is 55.2 Å². The predicted octanol–water partition coefficient (Wildman–Crippen LogP) is 1.53. The molecule has 1 rings (SSSR count). The van der Waals surface area contributed by atoms with Gasteiger partial charge in [0.2, 0.25) is 10.0 Å². The molecule has 0 aromatic heterocycles. The molecule has 108 valence electrons. The van der Waals surface area contributed by atoms with E-state index in [4.69, 9.17) is 0 Å². The summed E-state index contributed by atoms with van der Waals surface area (Å²) in [7, 11) is -3.06. The molecule has 4 nitrogen and oxygen atoms in total. The molecule has 0 radical (unpaired) electrons. The van der Waals surface area contributed by atoms with Gasteiger partial charge in [0.1, 0.15) is 0 Å². The summed E-state index contributed by atoms with van der Waals surface area (Å²) >= 11 is 1.88. The van der Waals surface area contributed by atoms with Gasteiger partial charge in [0.25, 0.3) is 0 Å². The third-order valence-corrected chi connectivity index (χ3v) is 6.08. The molecule has 18 heavy (non-hydrogen) atoms. The highest BCUT2D eigenvalue weighted by Crippen LogP contribution is 2.26. The zero-order chi connectivity index (χ0) is 13.6. The number of nitrogens with one attached hydrogen (secondary N) is 1. The van der Waals surface area contributed by atoms with Gasteiger partial charge in [-0.2, -0.15) is 16.1 Å². The van der Waals surface area contributed by atoms with Crippen LogP contribution in [0.1, 0.15) is 33.6 Å². The fourth-order valence-electron chi connectivity index (χ4n) is 2.17. The standard InChI is InChI=1S/C12H26N2O2S2/c1-4-6-13-7-5-8-18(15,16)14-9-11(2)17-12(3)10-14/h11-13H,4-10H2,1-3H3. The summed E-state index contributed by atoms with van der Waals surface area (Å²) < 4.78 is 26.1. The van der Waals surface area contributed by atoms with Gasteiger partial charge in [0.15, 0.2) is 0 Å². The van der Waals surface area contributed by atoms with Crippen LogP contribution >= 0.6 is 11.8 Å². The van der Waals surface area contributed by atoms with Crippen molar-refractivity contribution in [2.75, 3.05) is 31.9 Å². The van der Waals surface area contributed by atoms with E-state index in [0.717, 1.165) is 19.5 Å². The van der Waals surface area contributed by atoms with Gasteiger partial charge in [-0.05, 0) is 25.9 Å². The number of hydrogen-bond acceptors (Lipinski definition) is 4. The Morgan fingerprint density at radius 2 is 1.83 bits per heavy atom. The Labute approximate surface area is 116 Å². The van der Waals surface area contributed by atoms with Gasteiger partial charge in [0, 0.05) is 23.6 Å². The SMILES string of the molecule is CCCNCCCS(=O)(=O)N1CC(C)SC(C)C1. The lowest BCUT2D eigenvalue weighted by Crippen LogP contribution is -2.45. The van der Waals surface area contributed by atoms with Gasteiger partial charge < -0.3 is 5.32 Å². The molecule has 0 aromatic rings. The van der Waals surface area contributed by atoms with Crippen molar-refractivity contribution >= 4 is 21.8 Å². The lowest BCUT2D eigenvalue weighted by molar-refractivity contribution is 0.404. The average molecular weight is 294 g/mol. The van der Waals surface area contributed by atoms with Gasteiger partial charge in [-0.3, -0.25) is 0 Å². The fraction of sp³-hybridized carbons (Fsp3) is 1.00. The molecule has 0 bridgehead atoms. The van der Waals surface area contributed by atoms with Crippen LogP contribution in [0, 0.1) is 0 Å². The highest BCUT2D eigenvalue weighted by atomic mass is 32.2. The summed E-state index contributed by atoms with van der Waals surface area (Å²) in [6.45, 7) is 9.41. The largest absolute Gasteiger partial charge is 0.317 e. The molecule has 2 unspecified atom stereocenters. The van der Waals surface area contributed by atoms with E-state index in [1.54, 1.807) is 4.31 Å². The Hall–Kier alpha value is 0.220. The second-order valence-corrected chi connectivity index (χ2v) is 8.96. The predicted molar refractivity (Wildman–Crippen MR) is 79.7 cm³/mol. The molecule has 0 aliphatic carbocycles. The average Bonchev–Trinajstić information content (AvgIpc) is 2.27. The summed E-state index contributed by atoms with van der Waals surface area (Å²) in [6, 6.07) is 0. The van der Waals surface area contributed by atoms with Gasteiger partial charge in [-0.15, -0.1) is 0 Å². The molecule has 0 amide bonds. The van der Waals surface area contributed by atoms with Crippen LogP contribution in [0.15, 0.2) is 0 Å². The topological polar surface area (TPSA) is 49.4 Å². The van der Waals surface area contributed by atoms with Crippen molar-refractivity contribution in [1.82, 2.24) is 9.62 Å². The van der Waals surface area contributed by atoms with E-state index in [9.17, 15) is 8.42 Å². The number of nitrogens with zero attached hydrogens (tertiary/aromatic N) is 1. The van der Waals surface area contributed by atoms with Gasteiger partial charge >= 0.3 is 0 Å². The number of sulfonamides is 1. The lowest BCUT2D eigenvalue weighted by atomic mass is 10.4. The van der Waals surface area contributed by atoms with Crippen molar-refractivity contribution in [1.29, 1.82) is 0 Å². The van der Waals surface area contributed by atoms with Crippen molar-refractivity contribution in [3.05, 3.63) is 0 Å². The van der Waals surface area contributed by atoms with Crippen molar-refractivity contribution in [2.45, 2.75) is 44.1 Å². The third-order valence-electron chi connectivity index (χ3n) is 2.96. The minimum atomic E-state index is -3.06. The van der Waals surface area contributed by atoms with E-state index < -0.39 is 10.0 Å². The fourth-order valence-corrected chi connectivity index (χ4v) is 5.35. The zero-order valence-corrected chi connectivity index (χ0v) is 13.3. The van der Waals surface area contributed by atoms with Gasteiger partial charge in [-0.1, -0.05) is 20.8 Å². The van der Waals surface area contributed by atoms with Crippen molar-refractivity contribution in [3.8, 4) is 0 Å². The minimum Gasteiger partial charge on any atom is -0.317 e.